The summed E-state index contributed by atoms with van der Waals surface area (Å²) in [6, 6.07) is 8.76. The number of anilines is 1. The Labute approximate surface area is 118 Å². The maximum atomic E-state index is 2.52. The van der Waals surface area contributed by atoms with Gasteiger partial charge in [-0.2, -0.15) is 11.8 Å². The summed E-state index contributed by atoms with van der Waals surface area (Å²) in [4.78, 5) is 3.87. The molecular weight excluding hydrogens is 258 g/mol. The molecule has 0 spiro atoms. The molecule has 0 saturated carbocycles. The fraction of sp³-hybridized carbons (Fsp3) is 0.467. The molecule has 0 N–H and O–H groups in total. The molecule has 0 aliphatic carbocycles. The van der Waals surface area contributed by atoms with Crippen LogP contribution in [0, 0.1) is 5.92 Å². The topological polar surface area (TPSA) is 3.24 Å². The van der Waals surface area contributed by atoms with Crippen LogP contribution in [0.5, 0.6) is 0 Å². The average Bonchev–Trinajstić information content (AvgIpc) is 2.77. The zero-order valence-corrected chi connectivity index (χ0v) is 12.4. The number of rotatable bonds is 2. The molecule has 18 heavy (non-hydrogen) atoms. The van der Waals surface area contributed by atoms with Gasteiger partial charge >= 0.3 is 0 Å². The number of thioether (sulfide) groups is 2. The minimum atomic E-state index is 0.789. The van der Waals surface area contributed by atoms with E-state index in [9.17, 15) is 0 Å². The lowest BCUT2D eigenvalue weighted by Crippen LogP contribution is -2.18. The van der Waals surface area contributed by atoms with Crippen LogP contribution in [0.2, 0.25) is 0 Å². The molecule has 0 radical (unpaired) electrons. The number of hydrogen-bond acceptors (Lipinski definition) is 3. The molecule has 0 aromatic heterocycles. The van der Waals surface area contributed by atoms with Crippen molar-refractivity contribution in [1.29, 1.82) is 0 Å². The van der Waals surface area contributed by atoms with Gasteiger partial charge in [-0.1, -0.05) is 30.0 Å². The summed E-state index contributed by atoms with van der Waals surface area (Å²) in [5.41, 5.74) is 1.39. The first-order chi connectivity index (χ1) is 8.88. The highest BCUT2D eigenvalue weighted by Gasteiger charge is 2.24. The number of nitrogens with zero attached hydrogens (tertiary/aromatic N) is 1. The summed E-state index contributed by atoms with van der Waals surface area (Å²) in [5.74, 6) is 3.45. The number of allylic oxidation sites excluding steroid dienone is 1. The lowest BCUT2D eigenvalue weighted by atomic mass is 10.0. The Morgan fingerprint density at radius 3 is 2.83 bits per heavy atom. The van der Waals surface area contributed by atoms with Crippen molar-refractivity contribution in [3.63, 3.8) is 0 Å². The zero-order valence-electron chi connectivity index (χ0n) is 10.8. The molecule has 3 heteroatoms. The Morgan fingerprint density at radius 2 is 2.06 bits per heavy atom. The summed E-state index contributed by atoms with van der Waals surface area (Å²) < 4.78 is 0. The summed E-state index contributed by atoms with van der Waals surface area (Å²) >= 11 is 4.04. The third kappa shape index (κ3) is 2.43. The molecule has 1 fully saturated rings. The normalized spacial score (nSPS) is 22.5. The molecule has 0 atom stereocenters. The standard InChI is InChI=1S/C15H19NS2/c1-2-16-13-5-3-4-6-14(13)18-15(16)11-12-7-9-17-10-8-12/h3-6,11-12H,2,7-10H2,1H3. The quantitative estimate of drug-likeness (QED) is 0.777. The summed E-state index contributed by atoms with van der Waals surface area (Å²) in [6.07, 6.45) is 5.22. The lowest BCUT2D eigenvalue weighted by molar-refractivity contribution is 0.599. The molecule has 2 heterocycles. The van der Waals surface area contributed by atoms with Crippen molar-refractivity contribution in [3.05, 3.63) is 35.4 Å². The molecule has 2 aliphatic heterocycles. The molecule has 0 unspecified atom stereocenters. The van der Waals surface area contributed by atoms with Crippen LogP contribution < -0.4 is 4.90 Å². The van der Waals surface area contributed by atoms with Crippen molar-refractivity contribution in [3.8, 4) is 0 Å². The van der Waals surface area contributed by atoms with E-state index in [1.807, 2.05) is 11.8 Å². The van der Waals surface area contributed by atoms with Gasteiger partial charge in [0.25, 0.3) is 0 Å². The summed E-state index contributed by atoms with van der Waals surface area (Å²) in [6.45, 7) is 3.31. The van der Waals surface area contributed by atoms with Gasteiger partial charge in [-0.15, -0.1) is 0 Å². The molecule has 0 amide bonds. The first-order valence-electron chi connectivity index (χ1n) is 6.72. The van der Waals surface area contributed by atoms with E-state index in [0.717, 1.165) is 12.5 Å². The van der Waals surface area contributed by atoms with Gasteiger partial charge in [-0.05, 0) is 49.3 Å². The largest absolute Gasteiger partial charge is 0.336 e. The molecule has 96 valence electrons. The number of benzene rings is 1. The van der Waals surface area contributed by atoms with Crippen LogP contribution in [0.25, 0.3) is 0 Å². The molecule has 1 nitrogen and oxygen atoms in total. The van der Waals surface area contributed by atoms with E-state index in [1.54, 1.807) is 0 Å². The minimum Gasteiger partial charge on any atom is -0.336 e. The maximum Gasteiger partial charge on any atom is 0.0763 e. The van der Waals surface area contributed by atoms with Gasteiger partial charge in [-0.3, -0.25) is 0 Å². The number of hydrogen-bond donors (Lipinski definition) is 0. The van der Waals surface area contributed by atoms with E-state index >= 15 is 0 Å². The fourth-order valence-corrected chi connectivity index (χ4v) is 4.98. The Kier molecular flexibility index (Phi) is 3.90. The highest BCUT2D eigenvalue weighted by molar-refractivity contribution is 8.03. The van der Waals surface area contributed by atoms with Gasteiger partial charge in [0.15, 0.2) is 0 Å². The van der Waals surface area contributed by atoms with Gasteiger partial charge in [0.2, 0.25) is 0 Å². The molecule has 3 rings (SSSR count). The highest BCUT2D eigenvalue weighted by atomic mass is 32.2. The third-order valence-corrected chi connectivity index (χ3v) is 5.78. The summed E-state index contributed by atoms with van der Waals surface area (Å²) in [5, 5.41) is 1.45. The predicted octanol–water partition coefficient (Wildman–Crippen LogP) is 4.60. The van der Waals surface area contributed by atoms with Crippen LogP contribution in [0.3, 0.4) is 0 Å². The molecule has 0 bridgehead atoms. The van der Waals surface area contributed by atoms with Crippen LogP contribution in [-0.4, -0.2) is 18.1 Å². The van der Waals surface area contributed by atoms with Crippen molar-refractivity contribution in [2.24, 2.45) is 5.92 Å². The first kappa shape index (κ1) is 12.5. The Balaban J connectivity index is 1.84. The second-order valence-electron chi connectivity index (χ2n) is 4.77. The average molecular weight is 277 g/mol. The van der Waals surface area contributed by atoms with E-state index in [4.69, 9.17) is 0 Å². The van der Waals surface area contributed by atoms with Crippen LogP contribution in [0.15, 0.2) is 40.3 Å². The Bertz CT molecular complexity index is 450. The van der Waals surface area contributed by atoms with E-state index in [1.165, 1.54) is 40.0 Å². The predicted molar refractivity (Wildman–Crippen MR) is 83.5 cm³/mol. The fourth-order valence-electron chi connectivity index (χ4n) is 2.59. The first-order valence-corrected chi connectivity index (χ1v) is 8.69. The van der Waals surface area contributed by atoms with Gasteiger partial charge < -0.3 is 4.90 Å². The van der Waals surface area contributed by atoms with Crippen molar-refractivity contribution in [2.75, 3.05) is 23.0 Å². The second kappa shape index (κ2) is 5.62. The third-order valence-electron chi connectivity index (χ3n) is 3.60. The molecule has 1 aromatic carbocycles. The monoisotopic (exact) mass is 277 g/mol. The van der Waals surface area contributed by atoms with E-state index in [0.29, 0.717) is 0 Å². The van der Waals surface area contributed by atoms with E-state index in [-0.39, 0.29) is 0 Å². The molecular formula is C15H19NS2. The number of para-hydroxylation sites is 1. The number of fused-ring (bicyclic) bond motifs is 1. The minimum absolute atomic E-state index is 0.789. The second-order valence-corrected chi connectivity index (χ2v) is 7.06. The smallest absolute Gasteiger partial charge is 0.0763 e. The van der Waals surface area contributed by atoms with Crippen molar-refractivity contribution < 1.29 is 0 Å². The van der Waals surface area contributed by atoms with E-state index < -0.39 is 0 Å². The molecule has 1 aromatic rings. The molecule has 2 aliphatic rings. The van der Waals surface area contributed by atoms with Gasteiger partial charge in [-0.25, -0.2) is 0 Å². The maximum absolute atomic E-state index is 2.52. The molecule has 1 saturated heterocycles. The SMILES string of the molecule is CCN1C(=CC2CCSCC2)Sc2ccccc21. The van der Waals surface area contributed by atoms with E-state index in [2.05, 4.69) is 53.9 Å². The van der Waals surface area contributed by atoms with Crippen LogP contribution in [0.1, 0.15) is 19.8 Å². The summed E-state index contributed by atoms with van der Waals surface area (Å²) in [7, 11) is 0. The Morgan fingerprint density at radius 1 is 1.28 bits per heavy atom. The van der Waals surface area contributed by atoms with Crippen molar-refractivity contribution >= 4 is 29.2 Å². The van der Waals surface area contributed by atoms with Gasteiger partial charge in [0, 0.05) is 11.4 Å². The van der Waals surface area contributed by atoms with Crippen molar-refractivity contribution in [2.45, 2.75) is 24.7 Å². The van der Waals surface area contributed by atoms with Crippen LogP contribution >= 0.6 is 23.5 Å². The van der Waals surface area contributed by atoms with Gasteiger partial charge in [0.1, 0.15) is 0 Å². The zero-order chi connectivity index (χ0) is 12.4. The van der Waals surface area contributed by atoms with Gasteiger partial charge in [0.05, 0.1) is 10.7 Å². The highest BCUT2D eigenvalue weighted by Crippen LogP contribution is 2.46. The lowest BCUT2D eigenvalue weighted by Gasteiger charge is -2.22. The Hall–Kier alpha value is -0.540. The van der Waals surface area contributed by atoms with Crippen LogP contribution in [-0.2, 0) is 0 Å². The van der Waals surface area contributed by atoms with Crippen LogP contribution in [0.4, 0.5) is 5.69 Å². The van der Waals surface area contributed by atoms with Crippen molar-refractivity contribution in [1.82, 2.24) is 0 Å².